The highest BCUT2D eigenvalue weighted by Gasteiger charge is 2.34. The molecule has 0 atom stereocenters. The van der Waals surface area contributed by atoms with E-state index in [0.29, 0.717) is 0 Å². The van der Waals surface area contributed by atoms with Crippen LogP contribution in [0.25, 0.3) is 0 Å². The number of nitro benzene ring substituents is 3. The van der Waals surface area contributed by atoms with E-state index in [4.69, 9.17) is 11.5 Å². The average Bonchev–Trinajstić information content (AvgIpc) is 2.15. The monoisotopic (exact) mass is 242 g/mol. The van der Waals surface area contributed by atoms with Gasteiger partial charge in [-0.15, -0.1) is 0 Å². The summed E-state index contributed by atoms with van der Waals surface area (Å²) in [4.78, 5) is 28.2. The van der Waals surface area contributed by atoms with Crippen LogP contribution in [-0.4, -0.2) is 14.8 Å². The van der Waals surface area contributed by atoms with Gasteiger partial charge >= 0.3 is 17.1 Å². The molecule has 1 rings (SSSR count). The van der Waals surface area contributed by atoms with Crippen LogP contribution < -0.4 is 11.5 Å². The second kappa shape index (κ2) is 3.88. The van der Waals surface area contributed by atoms with Crippen molar-refractivity contribution in [2.24, 2.45) is 0 Å². The third-order valence-corrected chi connectivity index (χ3v) is 1.81. The van der Waals surface area contributed by atoms with Gasteiger partial charge in [0.05, 0.1) is 14.8 Å². The van der Waals surface area contributed by atoms with E-state index in [1.54, 1.807) is 6.07 Å². The van der Waals surface area contributed by atoms with Crippen molar-refractivity contribution in [3.8, 4) is 0 Å². The first kappa shape index (κ1) is 12.1. The van der Waals surface area contributed by atoms with E-state index >= 15 is 0 Å². The van der Waals surface area contributed by atoms with Crippen LogP contribution in [-0.2, 0) is 0 Å². The van der Waals surface area contributed by atoms with E-state index < -0.39 is 43.2 Å². The van der Waals surface area contributed by atoms with Crippen molar-refractivity contribution in [2.45, 2.75) is 0 Å². The minimum atomic E-state index is -1.13. The lowest BCUT2D eigenvalue weighted by molar-refractivity contribution is -0.400. The lowest BCUT2D eigenvalue weighted by Crippen LogP contribution is -2.07. The van der Waals surface area contributed by atoms with Crippen LogP contribution in [0.5, 0.6) is 0 Å². The zero-order valence-electron chi connectivity index (χ0n) is 7.95. The molecule has 0 bridgehead atoms. The molecule has 1 aromatic rings. The Balaban J connectivity index is 3.76. The van der Waals surface area contributed by atoms with Crippen molar-refractivity contribution in [1.29, 1.82) is 0 Å². The van der Waals surface area contributed by atoms with E-state index in [2.05, 4.69) is 0 Å². The van der Waals surface area contributed by atoms with Gasteiger partial charge in [-0.2, -0.15) is 0 Å². The SMILES string of the molecule is Nc1c([N+](=O)[O-])[c]c([N+](=O)[O-])c(N)c1[N+](=O)[O-]. The highest BCUT2D eigenvalue weighted by molar-refractivity contribution is 5.86. The van der Waals surface area contributed by atoms with Gasteiger partial charge in [0, 0.05) is 0 Å². The molecule has 1 radical (unpaired) electrons. The van der Waals surface area contributed by atoms with Gasteiger partial charge in [-0.1, -0.05) is 0 Å². The van der Waals surface area contributed by atoms with Gasteiger partial charge in [0.15, 0.2) is 17.4 Å². The number of nitrogens with zero attached hydrogens (tertiary/aromatic N) is 3. The summed E-state index contributed by atoms with van der Waals surface area (Å²) in [6, 6.07) is 1.72. The zero-order chi connectivity index (χ0) is 13.3. The van der Waals surface area contributed by atoms with E-state index in [1.807, 2.05) is 0 Å². The van der Waals surface area contributed by atoms with Gasteiger partial charge in [0.2, 0.25) is 0 Å². The summed E-state index contributed by atoms with van der Waals surface area (Å²) in [7, 11) is 0. The van der Waals surface area contributed by atoms with Crippen LogP contribution in [0.4, 0.5) is 28.4 Å². The van der Waals surface area contributed by atoms with Crippen LogP contribution in [0, 0.1) is 36.4 Å². The molecule has 89 valence electrons. The Morgan fingerprint density at radius 3 is 1.41 bits per heavy atom. The maximum atomic E-state index is 10.6. The Labute approximate surface area is 92.1 Å². The molecule has 1 aromatic carbocycles. The molecule has 0 aliphatic carbocycles. The quantitative estimate of drug-likeness (QED) is 0.432. The minimum absolute atomic E-state index is 0.872. The highest BCUT2D eigenvalue weighted by Crippen LogP contribution is 2.41. The molecule has 0 aromatic heterocycles. The molecule has 11 heteroatoms. The topological polar surface area (TPSA) is 181 Å². The highest BCUT2D eigenvalue weighted by atomic mass is 16.6. The van der Waals surface area contributed by atoms with E-state index in [0.717, 1.165) is 0 Å². The molecule has 0 aliphatic rings. The molecule has 0 aliphatic heterocycles. The molecular weight excluding hydrogens is 238 g/mol. The third-order valence-electron chi connectivity index (χ3n) is 1.81. The van der Waals surface area contributed by atoms with Crippen LogP contribution in [0.15, 0.2) is 0 Å². The maximum absolute atomic E-state index is 10.6. The normalized spacial score (nSPS) is 9.88. The Hall–Kier alpha value is -2.98. The van der Waals surface area contributed by atoms with Crippen molar-refractivity contribution in [3.63, 3.8) is 0 Å². The number of hydrogen-bond acceptors (Lipinski definition) is 8. The molecular formula is C6H4N5O6. The number of nitro groups is 3. The average molecular weight is 242 g/mol. The molecule has 0 heterocycles. The van der Waals surface area contributed by atoms with Crippen molar-refractivity contribution in [1.82, 2.24) is 0 Å². The summed E-state index contributed by atoms with van der Waals surface area (Å²) in [5, 5.41) is 31.6. The number of rotatable bonds is 3. The van der Waals surface area contributed by atoms with Crippen LogP contribution in [0.1, 0.15) is 0 Å². The lowest BCUT2D eigenvalue weighted by Gasteiger charge is -2.02. The molecule has 0 fully saturated rings. The first-order valence-corrected chi connectivity index (χ1v) is 3.84. The molecule has 11 nitrogen and oxygen atoms in total. The fourth-order valence-corrected chi connectivity index (χ4v) is 1.10. The Kier molecular flexibility index (Phi) is 2.76. The van der Waals surface area contributed by atoms with Crippen molar-refractivity contribution in [3.05, 3.63) is 36.4 Å². The van der Waals surface area contributed by atoms with E-state index in [1.165, 1.54) is 0 Å². The Morgan fingerprint density at radius 2 is 1.18 bits per heavy atom. The lowest BCUT2D eigenvalue weighted by atomic mass is 10.1. The molecule has 0 amide bonds. The Bertz CT molecular complexity index is 502. The number of anilines is 2. The third kappa shape index (κ3) is 1.88. The largest absolute Gasteiger partial charge is 0.387 e. The standard InChI is InChI=1S/C6H4N5O6/c7-4-2(9(12)13)1-3(10(14)15)5(8)6(4)11(16)17/h7-8H2. The number of nitrogens with two attached hydrogens (primary N) is 2. The predicted octanol–water partition coefficient (Wildman–Crippen LogP) is 0.376. The summed E-state index contributed by atoms with van der Waals surface area (Å²) in [5.74, 6) is 0. The van der Waals surface area contributed by atoms with Gasteiger partial charge in [-0.25, -0.2) is 0 Å². The summed E-state index contributed by atoms with van der Waals surface area (Å²) in [6.45, 7) is 0. The molecule has 0 saturated heterocycles. The van der Waals surface area contributed by atoms with Crippen molar-refractivity contribution < 1.29 is 14.8 Å². The van der Waals surface area contributed by atoms with Gasteiger partial charge in [-0.05, 0) is 0 Å². The molecule has 0 saturated carbocycles. The van der Waals surface area contributed by atoms with Crippen LogP contribution in [0.3, 0.4) is 0 Å². The van der Waals surface area contributed by atoms with E-state index in [-0.39, 0.29) is 0 Å². The fourth-order valence-electron chi connectivity index (χ4n) is 1.10. The molecule has 0 spiro atoms. The van der Waals surface area contributed by atoms with Crippen molar-refractivity contribution in [2.75, 3.05) is 11.5 Å². The minimum Gasteiger partial charge on any atom is -0.387 e. The van der Waals surface area contributed by atoms with Gasteiger partial charge in [0.25, 0.3) is 0 Å². The zero-order valence-corrected chi connectivity index (χ0v) is 7.95. The molecule has 4 N–H and O–H groups in total. The predicted molar refractivity (Wildman–Crippen MR) is 54.1 cm³/mol. The first-order chi connectivity index (χ1) is 7.77. The summed E-state index contributed by atoms with van der Waals surface area (Å²) >= 11 is 0. The fraction of sp³-hybridized carbons (Fsp3) is 0. The number of hydrogen-bond donors (Lipinski definition) is 2. The van der Waals surface area contributed by atoms with E-state index in [9.17, 15) is 30.3 Å². The van der Waals surface area contributed by atoms with Crippen LogP contribution in [0.2, 0.25) is 0 Å². The molecule has 17 heavy (non-hydrogen) atoms. The van der Waals surface area contributed by atoms with Gasteiger partial charge < -0.3 is 11.5 Å². The first-order valence-electron chi connectivity index (χ1n) is 3.84. The van der Waals surface area contributed by atoms with Gasteiger partial charge in [-0.3, -0.25) is 30.3 Å². The van der Waals surface area contributed by atoms with Crippen molar-refractivity contribution >= 4 is 28.4 Å². The molecule has 0 unspecified atom stereocenters. The van der Waals surface area contributed by atoms with Crippen LogP contribution >= 0.6 is 0 Å². The second-order valence-corrected chi connectivity index (χ2v) is 2.77. The second-order valence-electron chi connectivity index (χ2n) is 2.77. The summed E-state index contributed by atoms with van der Waals surface area (Å²) < 4.78 is 0. The Morgan fingerprint density at radius 1 is 0.824 bits per heavy atom. The number of benzene rings is 1. The number of nitrogen functional groups attached to an aromatic ring is 2. The smallest absolute Gasteiger partial charge is 0.329 e. The summed E-state index contributed by atoms with van der Waals surface area (Å²) in [6.07, 6.45) is 0. The van der Waals surface area contributed by atoms with Gasteiger partial charge in [0.1, 0.15) is 0 Å². The summed E-state index contributed by atoms with van der Waals surface area (Å²) in [5.41, 5.74) is 5.35. The maximum Gasteiger partial charge on any atom is 0.329 e.